The van der Waals surface area contributed by atoms with Gasteiger partial charge in [0.05, 0.1) is 0 Å². The Hall–Kier alpha value is -1.62. The van der Waals surface area contributed by atoms with E-state index < -0.39 is 11.9 Å². The van der Waals surface area contributed by atoms with Crippen LogP contribution in [0.5, 0.6) is 0 Å². The van der Waals surface area contributed by atoms with Crippen molar-refractivity contribution < 1.29 is 9.18 Å². The molecule has 0 aliphatic carbocycles. The van der Waals surface area contributed by atoms with E-state index in [4.69, 9.17) is 11.6 Å². The van der Waals surface area contributed by atoms with E-state index in [9.17, 15) is 9.18 Å². The minimum Gasteiger partial charge on any atom is -0.340 e. The Bertz CT molecular complexity index is 504. The summed E-state index contributed by atoms with van der Waals surface area (Å²) >= 11 is 5.67. The molecule has 1 aliphatic heterocycles. The molecule has 1 unspecified atom stereocenters. The van der Waals surface area contributed by atoms with Crippen LogP contribution in [0.2, 0.25) is 5.02 Å². The number of rotatable bonds is 3. The van der Waals surface area contributed by atoms with Gasteiger partial charge >= 0.3 is 0 Å². The maximum absolute atomic E-state index is 13.7. The number of nitrogens with zero attached hydrogens (tertiary/aromatic N) is 1. The Labute approximate surface area is 109 Å². The van der Waals surface area contributed by atoms with E-state index >= 15 is 0 Å². The minimum absolute atomic E-state index is 0.263. The second-order valence-corrected chi connectivity index (χ2v) is 4.40. The standard InChI is InChI=1S/C12H13ClFN3O/c1-2-5-15-12-16-10(11(18)17-12)8-4-3-7(13)6-9(8)14/h3-4,6,10H,2,5H2,1H3,(H2,15,16,17,18). The predicted molar refractivity (Wildman–Crippen MR) is 68.0 cm³/mol. The van der Waals surface area contributed by atoms with Gasteiger partial charge in [-0.2, -0.15) is 0 Å². The number of aliphatic imine (C=N–C) groups is 1. The van der Waals surface area contributed by atoms with Crippen molar-refractivity contribution in [3.8, 4) is 0 Å². The third-order valence-corrected chi connectivity index (χ3v) is 2.79. The number of nitrogens with one attached hydrogen (secondary N) is 2. The summed E-state index contributed by atoms with van der Waals surface area (Å²) in [5, 5.41) is 5.74. The molecule has 1 aliphatic rings. The van der Waals surface area contributed by atoms with Crippen LogP contribution in [0.4, 0.5) is 4.39 Å². The molecule has 1 saturated heterocycles. The zero-order valence-corrected chi connectivity index (χ0v) is 10.6. The SMILES string of the molecule is CCCN=C1NC(=O)C(c2ccc(Cl)cc2F)N1. The van der Waals surface area contributed by atoms with E-state index in [1.54, 1.807) is 6.07 Å². The molecule has 18 heavy (non-hydrogen) atoms. The molecule has 96 valence electrons. The van der Waals surface area contributed by atoms with Gasteiger partial charge in [-0.25, -0.2) is 4.39 Å². The fourth-order valence-corrected chi connectivity index (χ4v) is 1.85. The van der Waals surface area contributed by atoms with E-state index in [1.807, 2.05) is 6.92 Å². The smallest absolute Gasteiger partial charge is 0.254 e. The van der Waals surface area contributed by atoms with E-state index in [0.717, 1.165) is 6.42 Å². The Kier molecular flexibility index (Phi) is 3.81. The lowest BCUT2D eigenvalue weighted by Crippen LogP contribution is -2.25. The Morgan fingerprint density at radius 3 is 2.94 bits per heavy atom. The molecule has 0 spiro atoms. The molecule has 2 rings (SSSR count). The quantitative estimate of drug-likeness (QED) is 0.882. The molecule has 1 atom stereocenters. The van der Waals surface area contributed by atoms with Crippen molar-refractivity contribution in [2.45, 2.75) is 19.4 Å². The van der Waals surface area contributed by atoms with Crippen molar-refractivity contribution in [3.05, 3.63) is 34.6 Å². The highest BCUT2D eigenvalue weighted by atomic mass is 35.5. The highest BCUT2D eigenvalue weighted by Crippen LogP contribution is 2.22. The lowest BCUT2D eigenvalue weighted by molar-refractivity contribution is -0.120. The molecule has 0 radical (unpaired) electrons. The molecule has 1 aromatic rings. The van der Waals surface area contributed by atoms with Crippen LogP contribution < -0.4 is 10.6 Å². The maximum atomic E-state index is 13.7. The van der Waals surface area contributed by atoms with Crippen molar-refractivity contribution in [2.24, 2.45) is 4.99 Å². The molecular weight excluding hydrogens is 257 g/mol. The predicted octanol–water partition coefficient (Wildman–Crippen LogP) is 2.01. The maximum Gasteiger partial charge on any atom is 0.254 e. The molecule has 0 saturated carbocycles. The van der Waals surface area contributed by atoms with Gasteiger partial charge in [-0.05, 0) is 18.6 Å². The van der Waals surface area contributed by atoms with Crippen LogP contribution in [0, 0.1) is 5.82 Å². The summed E-state index contributed by atoms with van der Waals surface area (Å²) in [6.07, 6.45) is 0.876. The van der Waals surface area contributed by atoms with Gasteiger partial charge in [-0.1, -0.05) is 24.6 Å². The molecule has 0 aromatic heterocycles. The van der Waals surface area contributed by atoms with E-state index in [0.29, 0.717) is 17.5 Å². The second kappa shape index (κ2) is 5.35. The van der Waals surface area contributed by atoms with Gasteiger partial charge in [0.1, 0.15) is 11.9 Å². The fourth-order valence-electron chi connectivity index (χ4n) is 1.69. The van der Waals surface area contributed by atoms with Crippen LogP contribution in [0.1, 0.15) is 24.9 Å². The highest BCUT2D eigenvalue weighted by molar-refractivity contribution is 6.30. The van der Waals surface area contributed by atoms with E-state index in [1.165, 1.54) is 12.1 Å². The summed E-state index contributed by atoms with van der Waals surface area (Å²) in [4.78, 5) is 15.9. The highest BCUT2D eigenvalue weighted by Gasteiger charge is 2.31. The number of guanidine groups is 1. The summed E-state index contributed by atoms with van der Waals surface area (Å²) in [6.45, 7) is 2.59. The van der Waals surface area contributed by atoms with E-state index in [2.05, 4.69) is 15.6 Å². The van der Waals surface area contributed by atoms with Crippen molar-refractivity contribution in [1.29, 1.82) is 0 Å². The van der Waals surface area contributed by atoms with E-state index in [-0.39, 0.29) is 11.5 Å². The third kappa shape index (κ3) is 2.61. The third-order valence-electron chi connectivity index (χ3n) is 2.55. The number of carbonyl (C=O) groups excluding carboxylic acids is 1. The van der Waals surface area contributed by atoms with Crippen LogP contribution in [-0.2, 0) is 4.79 Å². The molecule has 1 fully saturated rings. The zero-order chi connectivity index (χ0) is 13.1. The van der Waals surface area contributed by atoms with Crippen LogP contribution in [0.25, 0.3) is 0 Å². The first kappa shape index (κ1) is 12.8. The average Bonchev–Trinajstić information content (AvgIpc) is 2.68. The van der Waals surface area contributed by atoms with Gasteiger partial charge in [0.25, 0.3) is 5.91 Å². The first-order valence-electron chi connectivity index (χ1n) is 5.68. The largest absolute Gasteiger partial charge is 0.340 e. The van der Waals surface area contributed by atoms with Crippen molar-refractivity contribution in [2.75, 3.05) is 6.54 Å². The summed E-state index contributed by atoms with van der Waals surface area (Å²) in [6, 6.07) is 3.48. The molecule has 6 heteroatoms. The molecule has 2 N–H and O–H groups in total. The Balaban J connectivity index is 2.21. The summed E-state index contributed by atoms with van der Waals surface area (Å²) in [7, 11) is 0. The van der Waals surface area contributed by atoms with Gasteiger partial charge in [0.15, 0.2) is 5.96 Å². The monoisotopic (exact) mass is 269 g/mol. The summed E-state index contributed by atoms with van der Waals surface area (Å²) < 4.78 is 13.7. The van der Waals surface area contributed by atoms with Gasteiger partial charge in [-0.15, -0.1) is 0 Å². The molecule has 1 aromatic carbocycles. The molecule has 4 nitrogen and oxygen atoms in total. The number of amides is 1. The van der Waals surface area contributed by atoms with Crippen molar-refractivity contribution in [3.63, 3.8) is 0 Å². The normalized spacial score (nSPS) is 20.9. The number of carbonyl (C=O) groups is 1. The Morgan fingerprint density at radius 1 is 1.50 bits per heavy atom. The minimum atomic E-state index is -0.752. The van der Waals surface area contributed by atoms with Crippen molar-refractivity contribution >= 4 is 23.5 Å². The average molecular weight is 270 g/mol. The topological polar surface area (TPSA) is 53.5 Å². The molecule has 1 amide bonds. The van der Waals surface area contributed by atoms with Gasteiger partial charge in [0, 0.05) is 17.1 Å². The Morgan fingerprint density at radius 2 is 2.28 bits per heavy atom. The van der Waals surface area contributed by atoms with Crippen LogP contribution in [0.3, 0.4) is 0 Å². The lowest BCUT2D eigenvalue weighted by Gasteiger charge is -2.09. The number of hydrogen-bond donors (Lipinski definition) is 2. The first-order valence-corrected chi connectivity index (χ1v) is 6.06. The van der Waals surface area contributed by atoms with Gasteiger partial charge in [-0.3, -0.25) is 15.1 Å². The zero-order valence-electron chi connectivity index (χ0n) is 9.84. The fraction of sp³-hybridized carbons (Fsp3) is 0.333. The number of benzene rings is 1. The van der Waals surface area contributed by atoms with Crippen LogP contribution >= 0.6 is 11.6 Å². The first-order chi connectivity index (χ1) is 8.61. The summed E-state index contributed by atoms with van der Waals surface area (Å²) in [5.41, 5.74) is 0.263. The lowest BCUT2D eigenvalue weighted by atomic mass is 10.1. The number of halogens is 2. The molecule has 1 heterocycles. The van der Waals surface area contributed by atoms with Gasteiger partial charge in [0.2, 0.25) is 0 Å². The summed E-state index contributed by atoms with van der Waals surface area (Å²) in [5.74, 6) is -0.431. The van der Waals surface area contributed by atoms with Crippen molar-refractivity contribution in [1.82, 2.24) is 10.6 Å². The second-order valence-electron chi connectivity index (χ2n) is 3.96. The number of hydrogen-bond acceptors (Lipinski definition) is 2. The van der Waals surface area contributed by atoms with Crippen LogP contribution in [-0.4, -0.2) is 18.4 Å². The van der Waals surface area contributed by atoms with Gasteiger partial charge < -0.3 is 5.32 Å². The molecular formula is C12H13ClFN3O. The molecule has 0 bridgehead atoms. The van der Waals surface area contributed by atoms with Crippen LogP contribution in [0.15, 0.2) is 23.2 Å².